The van der Waals surface area contributed by atoms with Crippen molar-refractivity contribution in [1.82, 2.24) is 10.3 Å². The molecule has 1 aliphatic heterocycles. The molecule has 2 heterocycles. The number of pyridine rings is 1. The van der Waals surface area contributed by atoms with E-state index in [4.69, 9.17) is 0 Å². The standard InChI is InChI=1S/C14H14N2O2/c17-12-7-9-4-6-16-14(10(9)8-13(12)18)11-3-1-2-5-15-11/h1-3,5,7-8,14,16-18H,4,6H2/t14-/m1/s1. The van der Waals surface area contributed by atoms with Crippen LogP contribution in [-0.4, -0.2) is 21.7 Å². The van der Waals surface area contributed by atoms with Crippen molar-refractivity contribution < 1.29 is 10.2 Å². The van der Waals surface area contributed by atoms with Crippen molar-refractivity contribution in [1.29, 1.82) is 0 Å². The van der Waals surface area contributed by atoms with Crippen molar-refractivity contribution in [3.05, 3.63) is 53.3 Å². The smallest absolute Gasteiger partial charge is 0.157 e. The minimum atomic E-state index is -0.0848. The van der Waals surface area contributed by atoms with Crippen LogP contribution < -0.4 is 5.32 Å². The quantitative estimate of drug-likeness (QED) is 0.666. The van der Waals surface area contributed by atoms with Crippen LogP contribution in [0, 0.1) is 0 Å². The van der Waals surface area contributed by atoms with Crippen LogP contribution in [0.5, 0.6) is 11.5 Å². The van der Waals surface area contributed by atoms with Crippen LogP contribution in [0.3, 0.4) is 0 Å². The molecule has 1 aromatic carbocycles. The van der Waals surface area contributed by atoms with E-state index in [0.717, 1.165) is 29.8 Å². The summed E-state index contributed by atoms with van der Waals surface area (Å²) in [6, 6.07) is 9.01. The fourth-order valence-corrected chi connectivity index (χ4v) is 2.39. The summed E-state index contributed by atoms with van der Waals surface area (Å²) >= 11 is 0. The molecule has 0 bridgehead atoms. The van der Waals surface area contributed by atoms with Crippen molar-refractivity contribution in [3.63, 3.8) is 0 Å². The number of aromatic hydroxyl groups is 2. The lowest BCUT2D eigenvalue weighted by Crippen LogP contribution is -2.31. The Morgan fingerprint density at radius 2 is 2.00 bits per heavy atom. The van der Waals surface area contributed by atoms with Gasteiger partial charge in [-0.25, -0.2) is 0 Å². The normalized spacial score (nSPS) is 18.3. The van der Waals surface area contributed by atoms with Crippen molar-refractivity contribution in [2.24, 2.45) is 0 Å². The average molecular weight is 242 g/mol. The molecule has 0 aliphatic carbocycles. The number of nitrogens with one attached hydrogen (secondary N) is 1. The number of rotatable bonds is 1. The lowest BCUT2D eigenvalue weighted by molar-refractivity contribution is 0.400. The monoisotopic (exact) mass is 242 g/mol. The number of hydrogen-bond acceptors (Lipinski definition) is 4. The molecular weight excluding hydrogens is 228 g/mol. The molecule has 3 rings (SSSR count). The van der Waals surface area contributed by atoms with Gasteiger partial charge in [-0.1, -0.05) is 6.07 Å². The van der Waals surface area contributed by atoms with Crippen molar-refractivity contribution in [2.45, 2.75) is 12.5 Å². The van der Waals surface area contributed by atoms with Gasteiger partial charge in [0.25, 0.3) is 0 Å². The highest BCUT2D eigenvalue weighted by Gasteiger charge is 2.23. The Balaban J connectivity index is 2.09. The Kier molecular flexibility index (Phi) is 2.64. The summed E-state index contributed by atoms with van der Waals surface area (Å²) in [4.78, 5) is 4.35. The highest BCUT2D eigenvalue weighted by atomic mass is 16.3. The summed E-state index contributed by atoms with van der Waals surface area (Å²) in [5.74, 6) is -0.145. The summed E-state index contributed by atoms with van der Waals surface area (Å²) in [5.41, 5.74) is 2.96. The Bertz CT molecular complexity index is 570. The van der Waals surface area contributed by atoms with Gasteiger partial charge < -0.3 is 15.5 Å². The molecule has 0 amide bonds. The van der Waals surface area contributed by atoms with E-state index in [0.29, 0.717) is 0 Å². The molecule has 0 saturated carbocycles. The number of phenols is 2. The van der Waals surface area contributed by atoms with Crippen LogP contribution in [0.1, 0.15) is 22.9 Å². The largest absolute Gasteiger partial charge is 0.504 e. The van der Waals surface area contributed by atoms with Gasteiger partial charge in [0.1, 0.15) is 0 Å². The van der Waals surface area contributed by atoms with Crippen molar-refractivity contribution in [2.75, 3.05) is 6.54 Å². The maximum Gasteiger partial charge on any atom is 0.157 e. The molecule has 3 N–H and O–H groups in total. The summed E-state index contributed by atoms with van der Waals surface area (Å²) in [7, 11) is 0. The van der Waals surface area contributed by atoms with Gasteiger partial charge in [-0.15, -0.1) is 0 Å². The molecule has 0 unspecified atom stereocenters. The molecule has 0 radical (unpaired) electrons. The number of benzene rings is 1. The zero-order valence-electron chi connectivity index (χ0n) is 9.80. The third-order valence-electron chi connectivity index (χ3n) is 3.27. The molecule has 4 nitrogen and oxygen atoms in total. The van der Waals surface area contributed by atoms with E-state index in [1.54, 1.807) is 18.3 Å². The van der Waals surface area contributed by atoms with Gasteiger partial charge in [0.15, 0.2) is 11.5 Å². The number of nitrogens with zero attached hydrogens (tertiary/aromatic N) is 1. The van der Waals surface area contributed by atoms with Gasteiger partial charge in [-0.3, -0.25) is 4.98 Å². The maximum atomic E-state index is 9.64. The average Bonchev–Trinajstić information content (AvgIpc) is 2.40. The van der Waals surface area contributed by atoms with Gasteiger partial charge in [0.05, 0.1) is 11.7 Å². The van der Waals surface area contributed by atoms with E-state index < -0.39 is 0 Å². The molecule has 1 aromatic heterocycles. The summed E-state index contributed by atoms with van der Waals surface area (Å²) in [6.45, 7) is 0.832. The van der Waals surface area contributed by atoms with Gasteiger partial charge in [0, 0.05) is 12.7 Å². The van der Waals surface area contributed by atoms with Crippen LogP contribution in [0.15, 0.2) is 36.5 Å². The second kappa shape index (κ2) is 4.31. The van der Waals surface area contributed by atoms with Crippen LogP contribution in [-0.2, 0) is 6.42 Å². The Labute approximate surface area is 105 Å². The van der Waals surface area contributed by atoms with Gasteiger partial charge in [-0.2, -0.15) is 0 Å². The summed E-state index contributed by atoms with van der Waals surface area (Å²) in [6.07, 6.45) is 2.60. The minimum Gasteiger partial charge on any atom is -0.504 e. The van der Waals surface area contributed by atoms with Gasteiger partial charge in [0.2, 0.25) is 0 Å². The minimum absolute atomic E-state index is 0.0264. The number of aromatic nitrogens is 1. The SMILES string of the molecule is Oc1cc2c(cc1O)[C@H](c1ccccn1)NCC2. The summed E-state index contributed by atoms with van der Waals surface area (Å²) < 4.78 is 0. The van der Waals surface area contributed by atoms with E-state index >= 15 is 0 Å². The molecule has 0 fully saturated rings. The topological polar surface area (TPSA) is 65.4 Å². The molecule has 1 atom stereocenters. The predicted octanol–water partition coefficient (Wildman–Crippen LogP) is 1.73. The van der Waals surface area contributed by atoms with Crippen LogP contribution >= 0.6 is 0 Å². The second-order valence-electron chi connectivity index (χ2n) is 4.43. The Hall–Kier alpha value is -2.07. The van der Waals surface area contributed by atoms with Crippen LogP contribution in [0.25, 0.3) is 0 Å². The van der Waals surface area contributed by atoms with E-state index in [1.165, 1.54) is 0 Å². The van der Waals surface area contributed by atoms with E-state index in [9.17, 15) is 10.2 Å². The van der Waals surface area contributed by atoms with Crippen molar-refractivity contribution >= 4 is 0 Å². The first-order valence-electron chi connectivity index (χ1n) is 5.95. The first-order valence-corrected chi connectivity index (χ1v) is 5.95. The first-order chi connectivity index (χ1) is 8.75. The molecule has 92 valence electrons. The first kappa shape index (κ1) is 11.0. The van der Waals surface area contributed by atoms with Crippen LogP contribution in [0.4, 0.5) is 0 Å². The molecule has 1 aliphatic rings. The van der Waals surface area contributed by atoms with E-state index in [-0.39, 0.29) is 17.5 Å². The second-order valence-corrected chi connectivity index (χ2v) is 4.43. The van der Waals surface area contributed by atoms with E-state index in [2.05, 4.69) is 10.3 Å². The number of hydrogen-bond donors (Lipinski definition) is 3. The predicted molar refractivity (Wildman–Crippen MR) is 67.6 cm³/mol. The van der Waals surface area contributed by atoms with Crippen molar-refractivity contribution in [3.8, 4) is 11.5 Å². The lowest BCUT2D eigenvalue weighted by atomic mass is 9.91. The molecule has 4 heteroatoms. The lowest BCUT2D eigenvalue weighted by Gasteiger charge is -2.27. The molecular formula is C14H14N2O2. The molecule has 2 aromatic rings. The maximum absolute atomic E-state index is 9.64. The fraction of sp³-hybridized carbons (Fsp3) is 0.214. The number of phenolic OH excluding ortho intramolecular Hbond substituents is 2. The summed E-state index contributed by atoms with van der Waals surface area (Å²) in [5, 5.41) is 22.6. The highest BCUT2D eigenvalue weighted by Crippen LogP contribution is 2.35. The Morgan fingerprint density at radius 3 is 2.78 bits per heavy atom. The highest BCUT2D eigenvalue weighted by molar-refractivity contribution is 5.49. The fourth-order valence-electron chi connectivity index (χ4n) is 2.39. The molecule has 0 saturated heterocycles. The zero-order valence-corrected chi connectivity index (χ0v) is 9.80. The third-order valence-corrected chi connectivity index (χ3v) is 3.27. The molecule has 18 heavy (non-hydrogen) atoms. The van der Waals surface area contributed by atoms with Gasteiger partial charge >= 0.3 is 0 Å². The van der Waals surface area contributed by atoms with Gasteiger partial charge in [-0.05, 0) is 41.8 Å². The van der Waals surface area contributed by atoms with Crippen LogP contribution in [0.2, 0.25) is 0 Å². The molecule has 0 spiro atoms. The third kappa shape index (κ3) is 1.80. The Morgan fingerprint density at radius 1 is 1.17 bits per heavy atom. The number of fused-ring (bicyclic) bond motifs is 1. The zero-order chi connectivity index (χ0) is 12.5. The van der Waals surface area contributed by atoms with E-state index in [1.807, 2.05) is 18.2 Å².